The molecule has 0 aromatic heterocycles. The Kier molecular flexibility index (Phi) is 4.91. The van der Waals surface area contributed by atoms with Crippen LogP contribution in [-0.2, 0) is 9.53 Å². The summed E-state index contributed by atoms with van der Waals surface area (Å²) < 4.78 is 5.06. The van der Waals surface area contributed by atoms with Gasteiger partial charge in [-0.1, -0.05) is 0 Å². The maximum Gasteiger partial charge on any atom is 0.326 e. The average molecular weight is 244 g/mol. The van der Waals surface area contributed by atoms with Crippen LogP contribution in [0.4, 0.5) is 0 Å². The number of carbonyl (C=O) groups is 1. The number of nitrogens with zero attached hydrogens (tertiary/aromatic N) is 2. The summed E-state index contributed by atoms with van der Waals surface area (Å²) >= 11 is 0. The molecule has 1 aliphatic rings. The van der Waals surface area contributed by atoms with Gasteiger partial charge >= 0.3 is 5.97 Å². The van der Waals surface area contributed by atoms with Gasteiger partial charge in [0.25, 0.3) is 0 Å². The fourth-order valence-corrected chi connectivity index (χ4v) is 2.30. The van der Waals surface area contributed by atoms with Crippen LogP contribution in [0, 0.1) is 0 Å². The third kappa shape index (κ3) is 3.18. The van der Waals surface area contributed by atoms with Gasteiger partial charge < -0.3 is 9.84 Å². The second-order valence-electron chi connectivity index (χ2n) is 5.13. The van der Waals surface area contributed by atoms with E-state index in [1.54, 1.807) is 14.0 Å². The highest BCUT2D eigenvalue weighted by Crippen LogP contribution is 2.19. The van der Waals surface area contributed by atoms with Gasteiger partial charge in [0.15, 0.2) is 0 Å². The Bertz CT molecular complexity index is 262. The molecule has 0 aromatic carbocycles. The minimum atomic E-state index is -0.905. The summed E-state index contributed by atoms with van der Waals surface area (Å²) in [7, 11) is 1.55. The number of carboxylic acid groups (broad SMARTS) is 1. The van der Waals surface area contributed by atoms with Crippen molar-refractivity contribution in [3.05, 3.63) is 0 Å². The number of hydrogen-bond acceptors (Lipinski definition) is 4. The highest BCUT2D eigenvalue weighted by atomic mass is 16.5. The number of aliphatic carboxylic acids is 1. The molecule has 100 valence electrons. The lowest BCUT2D eigenvalue weighted by molar-refractivity contribution is -0.156. The van der Waals surface area contributed by atoms with Crippen molar-refractivity contribution < 1.29 is 14.6 Å². The number of ether oxygens (including phenoxy) is 1. The van der Waals surface area contributed by atoms with Crippen LogP contribution in [-0.4, -0.2) is 72.4 Å². The van der Waals surface area contributed by atoms with Crippen LogP contribution in [0.1, 0.15) is 20.8 Å². The Hall–Kier alpha value is -0.650. The molecule has 1 heterocycles. The van der Waals surface area contributed by atoms with E-state index in [-0.39, 0.29) is 6.61 Å². The fourth-order valence-electron chi connectivity index (χ4n) is 2.30. The molecule has 1 unspecified atom stereocenters. The molecular formula is C12H24N2O3. The monoisotopic (exact) mass is 244 g/mol. The molecule has 1 N–H and O–H groups in total. The maximum absolute atomic E-state index is 11.4. The summed E-state index contributed by atoms with van der Waals surface area (Å²) in [6.07, 6.45) is 0. The smallest absolute Gasteiger partial charge is 0.326 e. The first-order chi connectivity index (χ1) is 7.91. The summed E-state index contributed by atoms with van der Waals surface area (Å²) in [6.45, 7) is 9.71. The Morgan fingerprint density at radius 1 is 1.35 bits per heavy atom. The van der Waals surface area contributed by atoms with E-state index in [0.717, 1.165) is 26.2 Å². The Labute approximate surface area is 103 Å². The normalized spacial score (nSPS) is 22.6. The molecule has 5 heteroatoms. The first kappa shape index (κ1) is 14.4. The zero-order valence-corrected chi connectivity index (χ0v) is 11.3. The minimum absolute atomic E-state index is 0.226. The second-order valence-corrected chi connectivity index (χ2v) is 5.13. The van der Waals surface area contributed by atoms with E-state index < -0.39 is 11.5 Å². The Morgan fingerprint density at radius 2 is 1.88 bits per heavy atom. The summed E-state index contributed by atoms with van der Waals surface area (Å²) in [5.74, 6) is -0.808. The summed E-state index contributed by atoms with van der Waals surface area (Å²) in [5, 5.41) is 9.36. The van der Waals surface area contributed by atoms with Gasteiger partial charge in [0, 0.05) is 39.3 Å². The molecule has 0 saturated carbocycles. The lowest BCUT2D eigenvalue weighted by Gasteiger charge is -2.44. The quantitative estimate of drug-likeness (QED) is 0.763. The molecular weight excluding hydrogens is 220 g/mol. The summed E-state index contributed by atoms with van der Waals surface area (Å²) in [5.41, 5.74) is -0.905. The Balaban J connectivity index is 2.64. The maximum atomic E-state index is 11.4. The number of hydrogen-bond donors (Lipinski definition) is 1. The third-order valence-corrected chi connectivity index (χ3v) is 3.63. The van der Waals surface area contributed by atoms with Gasteiger partial charge in [-0.25, -0.2) is 0 Å². The van der Waals surface area contributed by atoms with Crippen molar-refractivity contribution in [1.82, 2.24) is 9.80 Å². The third-order valence-electron chi connectivity index (χ3n) is 3.63. The predicted molar refractivity (Wildman–Crippen MR) is 66.2 cm³/mol. The molecule has 1 atom stereocenters. The van der Waals surface area contributed by atoms with Gasteiger partial charge in [-0.2, -0.15) is 0 Å². The molecule has 0 aliphatic carbocycles. The van der Waals surface area contributed by atoms with Crippen LogP contribution >= 0.6 is 0 Å². The van der Waals surface area contributed by atoms with Gasteiger partial charge in [-0.15, -0.1) is 0 Å². The highest BCUT2D eigenvalue weighted by Gasteiger charge is 2.41. The van der Waals surface area contributed by atoms with Crippen LogP contribution < -0.4 is 0 Å². The van der Waals surface area contributed by atoms with Gasteiger partial charge in [0.05, 0.1) is 6.61 Å². The molecule has 1 fully saturated rings. The van der Waals surface area contributed by atoms with Crippen molar-refractivity contribution in [3.63, 3.8) is 0 Å². The molecule has 0 spiro atoms. The summed E-state index contributed by atoms with van der Waals surface area (Å²) in [6, 6.07) is 0.524. The summed E-state index contributed by atoms with van der Waals surface area (Å²) in [4.78, 5) is 15.8. The average Bonchev–Trinajstić information content (AvgIpc) is 2.29. The topological polar surface area (TPSA) is 53.0 Å². The molecule has 0 bridgehead atoms. The molecule has 0 radical (unpaired) electrons. The van der Waals surface area contributed by atoms with Crippen molar-refractivity contribution in [3.8, 4) is 0 Å². The zero-order chi connectivity index (χ0) is 13.1. The van der Waals surface area contributed by atoms with E-state index in [0.29, 0.717) is 6.04 Å². The molecule has 17 heavy (non-hydrogen) atoms. The number of methoxy groups -OCH3 is 1. The van der Waals surface area contributed by atoms with Crippen molar-refractivity contribution in [1.29, 1.82) is 0 Å². The van der Waals surface area contributed by atoms with Crippen molar-refractivity contribution >= 4 is 5.97 Å². The lowest BCUT2D eigenvalue weighted by atomic mass is 10.00. The molecule has 1 saturated heterocycles. The second kappa shape index (κ2) is 5.80. The number of rotatable bonds is 5. The van der Waals surface area contributed by atoms with Crippen LogP contribution in [0.25, 0.3) is 0 Å². The van der Waals surface area contributed by atoms with Gasteiger partial charge in [0.2, 0.25) is 0 Å². The van der Waals surface area contributed by atoms with E-state index in [1.807, 2.05) is 4.90 Å². The Morgan fingerprint density at radius 3 is 2.24 bits per heavy atom. The van der Waals surface area contributed by atoms with E-state index in [2.05, 4.69) is 18.7 Å². The van der Waals surface area contributed by atoms with Crippen LogP contribution in [0.2, 0.25) is 0 Å². The number of piperazine rings is 1. The lowest BCUT2D eigenvalue weighted by Crippen LogP contribution is -2.62. The van der Waals surface area contributed by atoms with Crippen molar-refractivity contribution in [2.45, 2.75) is 32.4 Å². The zero-order valence-electron chi connectivity index (χ0n) is 11.3. The van der Waals surface area contributed by atoms with E-state index >= 15 is 0 Å². The van der Waals surface area contributed by atoms with E-state index in [9.17, 15) is 9.90 Å². The van der Waals surface area contributed by atoms with Gasteiger partial charge in [-0.05, 0) is 20.8 Å². The molecule has 5 nitrogen and oxygen atoms in total. The first-order valence-electron chi connectivity index (χ1n) is 6.13. The minimum Gasteiger partial charge on any atom is -0.480 e. The van der Waals surface area contributed by atoms with Crippen LogP contribution in [0.5, 0.6) is 0 Å². The van der Waals surface area contributed by atoms with E-state index in [4.69, 9.17) is 4.74 Å². The van der Waals surface area contributed by atoms with Gasteiger partial charge in [0.1, 0.15) is 5.54 Å². The fraction of sp³-hybridized carbons (Fsp3) is 0.917. The van der Waals surface area contributed by atoms with E-state index in [1.165, 1.54) is 0 Å². The molecule has 1 rings (SSSR count). The number of carboxylic acids is 1. The molecule has 0 amide bonds. The largest absolute Gasteiger partial charge is 0.480 e. The molecule has 1 aliphatic heterocycles. The van der Waals surface area contributed by atoms with Crippen molar-refractivity contribution in [2.75, 3.05) is 39.9 Å². The van der Waals surface area contributed by atoms with Crippen LogP contribution in [0.3, 0.4) is 0 Å². The SMILES string of the molecule is COCC(C)(C(=O)O)N1CCN(C(C)C)CC1. The van der Waals surface area contributed by atoms with Gasteiger partial charge in [-0.3, -0.25) is 14.6 Å². The predicted octanol–water partition coefficient (Wildman–Crippen LogP) is 0.502. The highest BCUT2D eigenvalue weighted by molar-refractivity contribution is 5.78. The molecule has 0 aromatic rings. The standard InChI is InChI=1S/C12H24N2O3/c1-10(2)13-5-7-14(8-6-13)12(3,9-17-4)11(15)16/h10H,5-9H2,1-4H3,(H,15,16). The van der Waals surface area contributed by atoms with Crippen LogP contribution in [0.15, 0.2) is 0 Å². The van der Waals surface area contributed by atoms with Crippen molar-refractivity contribution in [2.24, 2.45) is 0 Å². The first-order valence-corrected chi connectivity index (χ1v) is 6.13.